The van der Waals surface area contributed by atoms with E-state index in [-0.39, 0.29) is 18.2 Å². The number of carbonyl (C=O) groups is 3. The average Bonchev–Trinajstić information content (AvgIpc) is 2.35. The number of Topliss-reactive ketones (excluding diaryl/α,β-unsaturated/α-hetero) is 1. The molecule has 0 bridgehead atoms. The Morgan fingerprint density at radius 2 is 2.16 bits per heavy atom. The number of hydroxylamine groups is 1. The Balaban J connectivity index is 1.92. The lowest BCUT2D eigenvalue weighted by atomic mass is 9.90. The molecule has 7 nitrogen and oxygen atoms in total. The molecule has 0 aromatic carbocycles. The van der Waals surface area contributed by atoms with Crippen molar-refractivity contribution in [1.82, 2.24) is 15.7 Å². The second kappa shape index (κ2) is 6.12. The lowest BCUT2D eigenvalue weighted by Crippen LogP contribution is -2.52. The number of hydrogen-bond donors (Lipinski definition) is 3. The van der Waals surface area contributed by atoms with Gasteiger partial charge >= 0.3 is 0 Å². The van der Waals surface area contributed by atoms with Gasteiger partial charge < -0.3 is 15.4 Å². The van der Waals surface area contributed by atoms with Crippen molar-refractivity contribution in [3.8, 4) is 0 Å². The van der Waals surface area contributed by atoms with Crippen LogP contribution in [0.25, 0.3) is 0 Å². The third-order valence-electron chi connectivity index (χ3n) is 3.75. The monoisotopic (exact) mass is 269 g/mol. The van der Waals surface area contributed by atoms with Crippen LogP contribution in [0.15, 0.2) is 0 Å². The number of hydrogen-bond acceptors (Lipinski definition) is 5. The molecule has 3 N–H and O–H groups in total. The molecule has 2 atom stereocenters. The lowest BCUT2D eigenvalue weighted by molar-refractivity contribution is -0.150. The lowest BCUT2D eigenvalue weighted by Gasteiger charge is -2.31. The summed E-state index contributed by atoms with van der Waals surface area (Å²) in [5.74, 6) is -1.68. The molecule has 2 fully saturated rings. The molecular formula is C12H19N3O4. The summed E-state index contributed by atoms with van der Waals surface area (Å²) >= 11 is 0. The molecule has 106 valence electrons. The fourth-order valence-corrected chi connectivity index (χ4v) is 2.39. The van der Waals surface area contributed by atoms with Gasteiger partial charge in [-0.1, -0.05) is 0 Å². The van der Waals surface area contributed by atoms with E-state index in [1.54, 1.807) is 0 Å². The zero-order chi connectivity index (χ0) is 13.8. The van der Waals surface area contributed by atoms with Crippen LogP contribution in [0.4, 0.5) is 0 Å². The van der Waals surface area contributed by atoms with Crippen molar-refractivity contribution in [2.24, 2.45) is 5.92 Å². The number of piperidine rings is 1. The third-order valence-corrected chi connectivity index (χ3v) is 3.75. The summed E-state index contributed by atoms with van der Waals surface area (Å²) in [5.41, 5.74) is 1.88. The van der Waals surface area contributed by atoms with E-state index in [2.05, 4.69) is 5.32 Å². The molecule has 0 aromatic heterocycles. The van der Waals surface area contributed by atoms with E-state index >= 15 is 0 Å². The highest BCUT2D eigenvalue weighted by molar-refractivity contribution is 6.38. The van der Waals surface area contributed by atoms with Crippen molar-refractivity contribution in [1.29, 1.82) is 0 Å². The first-order valence-electron chi connectivity index (χ1n) is 6.64. The minimum atomic E-state index is -0.998. The van der Waals surface area contributed by atoms with Crippen LogP contribution in [0.3, 0.4) is 0 Å². The van der Waals surface area contributed by atoms with Gasteiger partial charge in [-0.3, -0.25) is 14.4 Å². The molecule has 2 rings (SSSR count). The Labute approximate surface area is 111 Å². The molecule has 2 aliphatic heterocycles. The highest BCUT2D eigenvalue weighted by Crippen LogP contribution is 2.18. The smallest absolute Gasteiger partial charge is 0.291 e. The van der Waals surface area contributed by atoms with Crippen LogP contribution in [0.5, 0.6) is 0 Å². The third kappa shape index (κ3) is 3.10. The zero-order valence-electron chi connectivity index (χ0n) is 10.7. The number of nitrogens with zero attached hydrogens (tertiary/aromatic N) is 1. The molecule has 2 aliphatic rings. The van der Waals surface area contributed by atoms with Crippen molar-refractivity contribution < 1.29 is 19.6 Å². The zero-order valence-corrected chi connectivity index (χ0v) is 10.7. The van der Waals surface area contributed by atoms with E-state index in [1.807, 2.05) is 5.48 Å². The predicted molar refractivity (Wildman–Crippen MR) is 65.3 cm³/mol. The number of carbonyl (C=O) groups excluding carboxylic acids is 3. The van der Waals surface area contributed by atoms with Crippen LogP contribution in [0, 0.1) is 5.92 Å². The number of ketones is 1. The molecule has 0 aromatic rings. The molecule has 0 aliphatic carbocycles. The van der Waals surface area contributed by atoms with E-state index in [4.69, 9.17) is 5.21 Å². The van der Waals surface area contributed by atoms with Crippen LogP contribution in [0.2, 0.25) is 0 Å². The van der Waals surface area contributed by atoms with Gasteiger partial charge in [0.1, 0.15) is 6.04 Å². The Bertz CT molecular complexity index is 381. The van der Waals surface area contributed by atoms with Gasteiger partial charge in [-0.2, -0.15) is 5.48 Å². The van der Waals surface area contributed by atoms with E-state index < -0.39 is 17.7 Å². The molecule has 2 amide bonds. The molecular weight excluding hydrogens is 250 g/mol. The van der Waals surface area contributed by atoms with Crippen molar-refractivity contribution in [3.05, 3.63) is 0 Å². The first kappa shape index (κ1) is 14.0. The Morgan fingerprint density at radius 3 is 2.68 bits per heavy atom. The van der Waals surface area contributed by atoms with Crippen LogP contribution < -0.4 is 10.8 Å². The molecule has 0 spiro atoms. The van der Waals surface area contributed by atoms with Gasteiger partial charge in [0.15, 0.2) is 0 Å². The molecule has 2 saturated heterocycles. The molecule has 0 unspecified atom stereocenters. The largest absolute Gasteiger partial charge is 0.356 e. The fourth-order valence-electron chi connectivity index (χ4n) is 2.39. The minimum Gasteiger partial charge on any atom is -0.356 e. The van der Waals surface area contributed by atoms with Gasteiger partial charge in [0, 0.05) is 25.6 Å². The summed E-state index contributed by atoms with van der Waals surface area (Å²) in [4.78, 5) is 36.8. The summed E-state index contributed by atoms with van der Waals surface area (Å²) in [7, 11) is 0. The summed E-state index contributed by atoms with van der Waals surface area (Å²) in [6.45, 7) is 1.83. The van der Waals surface area contributed by atoms with E-state index in [0.717, 1.165) is 12.8 Å². The topological polar surface area (TPSA) is 98.7 Å². The maximum atomic E-state index is 11.9. The second-order valence-corrected chi connectivity index (χ2v) is 5.06. The number of likely N-dealkylation sites (tertiary alicyclic amines) is 1. The number of rotatable bonds is 5. The normalized spacial score (nSPS) is 24.4. The fraction of sp³-hybridized carbons (Fsp3) is 0.750. The molecule has 0 saturated carbocycles. The molecule has 2 heterocycles. The van der Waals surface area contributed by atoms with Crippen LogP contribution in [0.1, 0.15) is 25.7 Å². The number of nitrogens with one attached hydrogen (secondary N) is 2. The van der Waals surface area contributed by atoms with Crippen molar-refractivity contribution in [2.75, 3.05) is 19.6 Å². The Morgan fingerprint density at radius 1 is 1.42 bits per heavy atom. The van der Waals surface area contributed by atoms with Gasteiger partial charge in [0.2, 0.25) is 11.7 Å². The van der Waals surface area contributed by atoms with E-state index in [1.165, 1.54) is 4.90 Å². The van der Waals surface area contributed by atoms with Crippen molar-refractivity contribution >= 4 is 17.6 Å². The van der Waals surface area contributed by atoms with Crippen LogP contribution in [-0.4, -0.2) is 53.4 Å². The van der Waals surface area contributed by atoms with E-state index in [0.29, 0.717) is 26.1 Å². The van der Waals surface area contributed by atoms with Gasteiger partial charge in [0.25, 0.3) is 5.91 Å². The summed E-state index contributed by atoms with van der Waals surface area (Å²) in [5, 5.41) is 11.8. The summed E-state index contributed by atoms with van der Waals surface area (Å²) in [6, 6.07) is -0.998. The van der Waals surface area contributed by atoms with Crippen LogP contribution in [-0.2, 0) is 14.4 Å². The van der Waals surface area contributed by atoms with Gasteiger partial charge in [0.05, 0.1) is 0 Å². The first-order chi connectivity index (χ1) is 9.13. The standard InChI is InChI=1S/C12H19N3O4/c16-10(12(18)15-5-2-6-15)9(14-19)7-8-3-1-4-13-11(8)17/h8-9,14,19H,1-7H2,(H,13,17)/t8-,9-/m0/s1. The molecule has 0 radical (unpaired) electrons. The molecule has 19 heavy (non-hydrogen) atoms. The van der Waals surface area contributed by atoms with Gasteiger partial charge in [-0.25, -0.2) is 0 Å². The molecule has 7 heteroatoms. The van der Waals surface area contributed by atoms with Crippen LogP contribution >= 0.6 is 0 Å². The second-order valence-electron chi connectivity index (χ2n) is 5.06. The minimum absolute atomic E-state index is 0.115. The SMILES string of the molecule is O=C1NCCC[C@H]1C[C@H](NO)C(=O)C(=O)N1CCC1. The van der Waals surface area contributed by atoms with Gasteiger partial charge in [-0.05, 0) is 25.7 Å². The van der Waals surface area contributed by atoms with Crippen molar-refractivity contribution in [3.63, 3.8) is 0 Å². The Kier molecular flexibility index (Phi) is 4.49. The summed E-state index contributed by atoms with van der Waals surface area (Å²) in [6.07, 6.45) is 2.58. The van der Waals surface area contributed by atoms with Gasteiger partial charge in [-0.15, -0.1) is 0 Å². The Hall–Kier alpha value is -1.47. The average molecular weight is 269 g/mol. The van der Waals surface area contributed by atoms with Crippen molar-refractivity contribution in [2.45, 2.75) is 31.7 Å². The highest BCUT2D eigenvalue weighted by Gasteiger charge is 2.35. The maximum absolute atomic E-state index is 11.9. The predicted octanol–water partition coefficient (Wildman–Crippen LogP) is -0.948. The summed E-state index contributed by atoms with van der Waals surface area (Å²) < 4.78 is 0. The first-order valence-corrected chi connectivity index (χ1v) is 6.64. The highest BCUT2D eigenvalue weighted by atomic mass is 16.5. The number of amides is 2. The quantitative estimate of drug-likeness (QED) is 0.441. The maximum Gasteiger partial charge on any atom is 0.291 e. The van der Waals surface area contributed by atoms with E-state index in [9.17, 15) is 14.4 Å².